The van der Waals surface area contributed by atoms with Crippen molar-refractivity contribution in [1.29, 1.82) is 0 Å². The lowest BCUT2D eigenvalue weighted by Gasteiger charge is -2.09. The summed E-state index contributed by atoms with van der Waals surface area (Å²) in [5, 5.41) is 9.46. The van der Waals surface area contributed by atoms with Crippen LogP contribution in [0, 0.1) is 5.92 Å². The Labute approximate surface area is 88.7 Å². The first kappa shape index (κ1) is 11.4. The number of phenols is 1. The van der Waals surface area contributed by atoms with Gasteiger partial charge in [-0.1, -0.05) is 19.1 Å². The largest absolute Gasteiger partial charge is 0.507 e. The summed E-state index contributed by atoms with van der Waals surface area (Å²) in [6.45, 7) is 3.14. The van der Waals surface area contributed by atoms with Crippen molar-refractivity contribution in [3.63, 3.8) is 0 Å². The van der Waals surface area contributed by atoms with Crippen LogP contribution in [0.4, 0.5) is 0 Å². The summed E-state index contributed by atoms with van der Waals surface area (Å²) in [5.74, 6) is -0.622. The summed E-state index contributed by atoms with van der Waals surface area (Å²) in [5.41, 5.74) is 0.284. The maximum atomic E-state index is 11.8. The van der Waals surface area contributed by atoms with Gasteiger partial charge in [-0.05, 0) is 19.1 Å². The van der Waals surface area contributed by atoms with Gasteiger partial charge in [0.1, 0.15) is 11.5 Å². The molecular weight excluding hydrogens is 192 g/mol. The first-order chi connectivity index (χ1) is 7.02. The molecule has 1 N–H and O–H groups in total. The van der Waals surface area contributed by atoms with Crippen molar-refractivity contribution >= 4 is 11.6 Å². The van der Waals surface area contributed by atoms with Gasteiger partial charge in [0.25, 0.3) is 0 Å². The van der Waals surface area contributed by atoms with E-state index in [1.165, 1.54) is 13.0 Å². The van der Waals surface area contributed by atoms with E-state index < -0.39 is 0 Å². The van der Waals surface area contributed by atoms with E-state index in [1.54, 1.807) is 25.1 Å². The van der Waals surface area contributed by atoms with Crippen LogP contribution in [0.5, 0.6) is 5.75 Å². The van der Waals surface area contributed by atoms with Crippen molar-refractivity contribution in [2.24, 2.45) is 5.92 Å². The fraction of sp³-hybridized carbons (Fsp3) is 0.333. The van der Waals surface area contributed by atoms with Gasteiger partial charge in [0.15, 0.2) is 5.78 Å². The van der Waals surface area contributed by atoms with Gasteiger partial charge >= 0.3 is 0 Å². The third-order valence-electron chi connectivity index (χ3n) is 2.21. The third kappa shape index (κ3) is 2.91. The SMILES string of the molecule is CC(=O)CC(C)C(=O)c1ccccc1O. The fourth-order valence-corrected chi connectivity index (χ4v) is 1.47. The van der Waals surface area contributed by atoms with Crippen molar-refractivity contribution in [2.75, 3.05) is 0 Å². The van der Waals surface area contributed by atoms with E-state index in [4.69, 9.17) is 0 Å². The first-order valence-electron chi connectivity index (χ1n) is 4.84. The maximum Gasteiger partial charge on any atom is 0.169 e. The number of carbonyl (C=O) groups excluding carboxylic acids is 2. The van der Waals surface area contributed by atoms with Crippen LogP contribution < -0.4 is 0 Å². The Morgan fingerprint density at radius 1 is 1.33 bits per heavy atom. The van der Waals surface area contributed by atoms with Crippen LogP contribution in [0.25, 0.3) is 0 Å². The molecule has 0 bridgehead atoms. The molecule has 15 heavy (non-hydrogen) atoms. The number of Topliss-reactive ketones (excluding diaryl/α,β-unsaturated/α-hetero) is 2. The zero-order valence-corrected chi connectivity index (χ0v) is 8.86. The Kier molecular flexibility index (Phi) is 3.61. The zero-order chi connectivity index (χ0) is 11.4. The molecule has 0 aliphatic heterocycles. The lowest BCUT2D eigenvalue weighted by atomic mass is 9.94. The number of aromatic hydroxyl groups is 1. The predicted octanol–water partition coefficient (Wildman–Crippen LogP) is 2.19. The highest BCUT2D eigenvalue weighted by Crippen LogP contribution is 2.21. The normalized spacial score (nSPS) is 12.1. The number of hydrogen-bond acceptors (Lipinski definition) is 3. The molecule has 1 atom stereocenters. The zero-order valence-electron chi connectivity index (χ0n) is 8.86. The highest BCUT2D eigenvalue weighted by Gasteiger charge is 2.19. The Bertz CT molecular complexity index is 382. The van der Waals surface area contributed by atoms with Crippen molar-refractivity contribution in [1.82, 2.24) is 0 Å². The van der Waals surface area contributed by atoms with Crippen LogP contribution in [0.1, 0.15) is 30.6 Å². The van der Waals surface area contributed by atoms with Crippen molar-refractivity contribution < 1.29 is 14.7 Å². The second-order valence-electron chi connectivity index (χ2n) is 3.69. The van der Waals surface area contributed by atoms with E-state index in [0.717, 1.165) is 0 Å². The second kappa shape index (κ2) is 4.73. The van der Waals surface area contributed by atoms with Crippen LogP contribution in [0.15, 0.2) is 24.3 Å². The minimum atomic E-state index is -0.379. The van der Waals surface area contributed by atoms with Crippen LogP contribution in [-0.4, -0.2) is 16.7 Å². The molecule has 80 valence electrons. The molecule has 0 amide bonds. The summed E-state index contributed by atoms with van der Waals surface area (Å²) in [6.07, 6.45) is 0.215. The molecular formula is C12H14O3. The molecule has 0 heterocycles. The standard InChI is InChI=1S/C12H14O3/c1-8(7-9(2)13)12(15)10-5-3-4-6-11(10)14/h3-6,8,14H,7H2,1-2H3. The number of benzene rings is 1. The summed E-state index contributed by atoms with van der Waals surface area (Å²) in [4.78, 5) is 22.6. The van der Waals surface area contributed by atoms with Crippen LogP contribution in [0.3, 0.4) is 0 Å². The van der Waals surface area contributed by atoms with Gasteiger partial charge in [-0.15, -0.1) is 0 Å². The van der Waals surface area contributed by atoms with E-state index >= 15 is 0 Å². The Balaban J connectivity index is 2.85. The van der Waals surface area contributed by atoms with Gasteiger partial charge in [0.2, 0.25) is 0 Å². The Hall–Kier alpha value is -1.64. The van der Waals surface area contributed by atoms with Gasteiger partial charge in [-0.2, -0.15) is 0 Å². The van der Waals surface area contributed by atoms with Gasteiger partial charge in [-0.3, -0.25) is 4.79 Å². The molecule has 1 rings (SSSR count). The third-order valence-corrected chi connectivity index (χ3v) is 2.21. The van der Waals surface area contributed by atoms with Crippen LogP contribution >= 0.6 is 0 Å². The van der Waals surface area contributed by atoms with Crippen molar-refractivity contribution in [2.45, 2.75) is 20.3 Å². The summed E-state index contributed by atoms with van der Waals surface area (Å²) >= 11 is 0. The summed E-state index contributed by atoms with van der Waals surface area (Å²) < 4.78 is 0. The average molecular weight is 206 g/mol. The topological polar surface area (TPSA) is 54.4 Å². The predicted molar refractivity (Wildman–Crippen MR) is 56.9 cm³/mol. The van der Waals surface area contributed by atoms with Crippen LogP contribution in [-0.2, 0) is 4.79 Å². The number of carbonyl (C=O) groups is 2. The summed E-state index contributed by atoms with van der Waals surface area (Å²) in [6, 6.07) is 6.37. The van der Waals surface area contributed by atoms with E-state index in [-0.39, 0.29) is 35.2 Å². The molecule has 3 nitrogen and oxygen atoms in total. The van der Waals surface area contributed by atoms with Gasteiger partial charge in [0, 0.05) is 12.3 Å². The molecule has 0 aliphatic rings. The monoisotopic (exact) mass is 206 g/mol. The smallest absolute Gasteiger partial charge is 0.169 e. The number of phenolic OH excluding ortho intramolecular Hbond substituents is 1. The van der Waals surface area contributed by atoms with Crippen molar-refractivity contribution in [3.05, 3.63) is 29.8 Å². The van der Waals surface area contributed by atoms with E-state index in [9.17, 15) is 14.7 Å². The molecule has 0 saturated heterocycles. The Morgan fingerprint density at radius 2 is 1.93 bits per heavy atom. The summed E-state index contributed by atoms with van der Waals surface area (Å²) in [7, 11) is 0. The van der Waals surface area contributed by atoms with Crippen molar-refractivity contribution in [3.8, 4) is 5.75 Å². The molecule has 0 aliphatic carbocycles. The molecule has 1 unspecified atom stereocenters. The lowest BCUT2D eigenvalue weighted by molar-refractivity contribution is -0.117. The molecule has 0 radical (unpaired) electrons. The second-order valence-corrected chi connectivity index (χ2v) is 3.69. The molecule has 0 spiro atoms. The number of hydrogen-bond donors (Lipinski definition) is 1. The highest BCUT2D eigenvalue weighted by atomic mass is 16.3. The average Bonchev–Trinajstić information content (AvgIpc) is 2.16. The number of para-hydroxylation sites is 1. The quantitative estimate of drug-likeness (QED) is 0.768. The fourth-order valence-electron chi connectivity index (χ4n) is 1.47. The molecule has 0 saturated carbocycles. The molecule has 3 heteroatoms. The minimum Gasteiger partial charge on any atom is -0.507 e. The molecule has 0 fully saturated rings. The van der Waals surface area contributed by atoms with E-state index in [2.05, 4.69) is 0 Å². The van der Waals surface area contributed by atoms with E-state index in [0.29, 0.717) is 0 Å². The van der Waals surface area contributed by atoms with Gasteiger partial charge in [0.05, 0.1) is 5.56 Å². The van der Waals surface area contributed by atoms with Gasteiger partial charge in [-0.25, -0.2) is 0 Å². The highest BCUT2D eigenvalue weighted by molar-refractivity contribution is 6.01. The first-order valence-corrected chi connectivity index (χ1v) is 4.84. The Morgan fingerprint density at radius 3 is 2.47 bits per heavy atom. The molecule has 1 aromatic carbocycles. The molecule has 0 aromatic heterocycles. The maximum absolute atomic E-state index is 11.8. The number of rotatable bonds is 4. The van der Waals surface area contributed by atoms with Gasteiger partial charge < -0.3 is 9.90 Å². The lowest BCUT2D eigenvalue weighted by Crippen LogP contribution is -2.14. The van der Waals surface area contributed by atoms with E-state index in [1.807, 2.05) is 0 Å². The van der Waals surface area contributed by atoms with Crippen LogP contribution in [0.2, 0.25) is 0 Å². The molecule has 1 aromatic rings. The number of ketones is 2. The minimum absolute atomic E-state index is 0.0220.